The van der Waals surface area contributed by atoms with Crippen LogP contribution in [0.1, 0.15) is 0 Å². The van der Waals surface area contributed by atoms with Crippen LogP contribution in [-0.4, -0.2) is 49.5 Å². The Morgan fingerprint density at radius 3 is 2.90 bits per heavy atom. The summed E-state index contributed by atoms with van der Waals surface area (Å²) < 4.78 is 28.9. The highest BCUT2D eigenvalue weighted by Crippen LogP contribution is 2.25. The third kappa shape index (κ3) is 4.67. The SMILES string of the molecule is O=C1CN(CC(=O)Nc2ccccc2OC(F)F)CCN1. The van der Waals surface area contributed by atoms with Crippen LogP contribution in [0.15, 0.2) is 24.3 Å². The first-order chi connectivity index (χ1) is 10.0. The van der Waals surface area contributed by atoms with E-state index in [1.165, 1.54) is 18.2 Å². The molecule has 1 aliphatic rings. The van der Waals surface area contributed by atoms with Gasteiger partial charge < -0.3 is 15.4 Å². The number of nitrogens with zero attached hydrogens (tertiary/aromatic N) is 1. The molecule has 21 heavy (non-hydrogen) atoms. The predicted octanol–water partition coefficient (Wildman–Crippen LogP) is 0.658. The van der Waals surface area contributed by atoms with Crippen molar-refractivity contribution in [2.45, 2.75) is 6.61 Å². The molecule has 0 atom stereocenters. The molecule has 2 rings (SSSR count). The summed E-state index contributed by atoms with van der Waals surface area (Å²) in [4.78, 5) is 24.8. The Morgan fingerprint density at radius 1 is 1.43 bits per heavy atom. The van der Waals surface area contributed by atoms with Crippen LogP contribution in [-0.2, 0) is 9.59 Å². The smallest absolute Gasteiger partial charge is 0.387 e. The lowest BCUT2D eigenvalue weighted by atomic mass is 10.3. The molecule has 114 valence electrons. The molecule has 0 unspecified atom stereocenters. The van der Waals surface area contributed by atoms with Crippen LogP contribution in [0.4, 0.5) is 14.5 Å². The maximum atomic E-state index is 12.3. The Morgan fingerprint density at radius 2 is 2.19 bits per heavy atom. The molecule has 1 aliphatic heterocycles. The third-order valence-corrected chi connectivity index (χ3v) is 2.86. The standard InChI is InChI=1S/C13H15F2N3O3/c14-13(15)21-10-4-2-1-3-9(10)17-12(20)8-18-6-5-16-11(19)7-18/h1-4,13H,5-8H2,(H,16,19)(H,17,20). The second-order valence-corrected chi connectivity index (χ2v) is 4.48. The average molecular weight is 299 g/mol. The van der Waals surface area contributed by atoms with Gasteiger partial charge in [-0.05, 0) is 12.1 Å². The Kier molecular flexibility index (Phi) is 5.04. The van der Waals surface area contributed by atoms with Gasteiger partial charge in [0.2, 0.25) is 11.8 Å². The molecule has 1 aromatic carbocycles. The van der Waals surface area contributed by atoms with Crippen molar-refractivity contribution in [3.63, 3.8) is 0 Å². The lowest BCUT2D eigenvalue weighted by Crippen LogP contribution is -2.49. The number of para-hydroxylation sites is 2. The molecule has 8 heteroatoms. The van der Waals surface area contributed by atoms with Crippen LogP contribution in [0.5, 0.6) is 5.75 Å². The van der Waals surface area contributed by atoms with Crippen molar-refractivity contribution in [2.24, 2.45) is 0 Å². The molecule has 0 spiro atoms. The fourth-order valence-electron chi connectivity index (χ4n) is 1.99. The largest absolute Gasteiger partial charge is 0.433 e. The second-order valence-electron chi connectivity index (χ2n) is 4.48. The van der Waals surface area contributed by atoms with Crippen LogP contribution < -0.4 is 15.4 Å². The van der Waals surface area contributed by atoms with E-state index in [1.54, 1.807) is 11.0 Å². The molecule has 1 fully saturated rings. The number of alkyl halides is 2. The normalized spacial score (nSPS) is 15.7. The highest BCUT2D eigenvalue weighted by Gasteiger charge is 2.19. The van der Waals surface area contributed by atoms with E-state index in [4.69, 9.17) is 0 Å². The van der Waals surface area contributed by atoms with Gasteiger partial charge in [-0.3, -0.25) is 14.5 Å². The van der Waals surface area contributed by atoms with Gasteiger partial charge in [-0.2, -0.15) is 8.78 Å². The zero-order valence-electron chi connectivity index (χ0n) is 11.1. The molecule has 1 heterocycles. The van der Waals surface area contributed by atoms with E-state index >= 15 is 0 Å². The summed E-state index contributed by atoms with van der Waals surface area (Å²) in [5.41, 5.74) is 0.171. The lowest BCUT2D eigenvalue weighted by molar-refractivity contribution is -0.125. The van der Waals surface area contributed by atoms with Gasteiger partial charge in [-0.15, -0.1) is 0 Å². The number of carbonyl (C=O) groups excluding carboxylic acids is 2. The second kappa shape index (κ2) is 6.98. The molecule has 0 aliphatic carbocycles. The molecule has 1 saturated heterocycles. The van der Waals surface area contributed by atoms with Gasteiger partial charge in [-0.25, -0.2) is 0 Å². The minimum Gasteiger partial charge on any atom is -0.433 e. The zero-order valence-corrected chi connectivity index (χ0v) is 11.1. The fourth-order valence-corrected chi connectivity index (χ4v) is 1.99. The summed E-state index contributed by atoms with van der Waals surface area (Å²) in [5, 5.41) is 5.16. The maximum Gasteiger partial charge on any atom is 0.387 e. The number of piperazine rings is 1. The Labute approximate surface area is 120 Å². The Bertz CT molecular complexity index is 525. The van der Waals surface area contributed by atoms with Crippen molar-refractivity contribution in [1.29, 1.82) is 0 Å². The van der Waals surface area contributed by atoms with Crippen molar-refractivity contribution >= 4 is 17.5 Å². The van der Waals surface area contributed by atoms with Crippen LogP contribution >= 0.6 is 0 Å². The molecule has 0 bridgehead atoms. The first-order valence-electron chi connectivity index (χ1n) is 6.37. The lowest BCUT2D eigenvalue weighted by Gasteiger charge is -2.25. The monoisotopic (exact) mass is 299 g/mol. The van der Waals surface area contributed by atoms with E-state index in [2.05, 4.69) is 15.4 Å². The summed E-state index contributed by atoms with van der Waals surface area (Å²) in [7, 11) is 0. The minimum atomic E-state index is -2.96. The molecule has 6 nitrogen and oxygen atoms in total. The Hall–Kier alpha value is -2.22. The summed E-state index contributed by atoms with van der Waals surface area (Å²) in [6, 6.07) is 5.94. The summed E-state index contributed by atoms with van der Waals surface area (Å²) >= 11 is 0. The number of carbonyl (C=O) groups is 2. The highest BCUT2D eigenvalue weighted by atomic mass is 19.3. The summed E-state index contributed by atoms with van der Waals surface area (Å²) in [5.74, 6) is -0.636. The molecule has 0 saturated carbocycles. The van der Waals surface area contributed by atoms with Crippen LogP contribution in [0.3, 0.4) is 0 Å². The number of rotatable bonds is 5. The number of amides is 2. The zero-order chi connectivity index (χ0) is 15.2. The predicted molar refractivity (Wildman–Crippen MR) is 71.2 cm³/mol. The maximum absolute atomic E-state index is 12.3. The topological polar surface area (TPSA) is 70.7 Å². The van der Waals surface area contributed by atoms with E-state index < -0.39 is 12.5 Å². The highest BCUT2D eigenvalue weighted by molar-refractivity contribution is 5.94. The Balaban J connectivity index is 1.94. The number of benzene rings is 1. The molecule has 2 N–H and O–H groups in total. The van der Waals surface area contributed by atoms with Crippen molar-refractivity contribution in [2.75, 3.05) is 31.5 Å². The van der Waals surface area contributed by atoms with Crippen LogP contribution in [0.2, 0.25) is 0 Å². The van der Waals surface area contributed by atoms with Gasteiger partial charge in [-0.1, -0.05) is 12.1 Å². The number of hydrogen-bond acceptors (Lipinski definition) is 4. The molecular formula is C13H15F2N3O3. The first-order valence-corrected chi connectivity index (χ1v) is 6.37. The molecule has 2 amide bonds. The van der Waals surface area contributed by atoms with E-state index in [-0.39, 0.29) is 30.4 Å². The van der Waals surface area contributed by atoms with Crippen LogP contribution in [0, 0.1) is 0 Å². The van der Waals surface area contributed by atoms with E-state index in [0.717, 1.165) is 0 Å². The van der Waals surface area contributed by atoms with Gasteiger partial charge in [0, 0.05) is 13.1 Å². The number of hydrogen-bond donors (Lipinski definition) is 2. The van der Waals surface area contributed by atoms with E-state index in [0.29, 0.717) is 13.1 Å². The van der Waals surface area contributed by atoms with Gasteiger partial charge in [0.15, 0.2) is 0 Å². The number of nitrogens with one attached hydrogen (secondary N) is 2. The third-order valence-electron chi connectivity index (χ3n) is 2.86. The van der Waals surface area contributed by atoms with Gasteiger partial charge in [0.25, 0.3) is 0 Å². The van der Waals surface area contributed by atoms with Gasteiger partial charge >= 0.3 is 6.61 Å². The summed E-state index contributed by atoms with van der Waals surface area (Å²) in [6.07, 6.45) is 0. The quantitative estimate of drug-likeness (QED) is 0.838. The van der Waals surface area contributed by atoms with E-state index in [9.17, 15) is 18.4 Å². The minimum absolute atomic E-state index is 0.0104. The molecule has 1 aromatic rings. The van der Waals surface area contributed by atoms with Crippen molar-refractivity contribution in [3.8, 4) is 5.75 Å². The molecule has 0 radical (unpaired) electrons. The number of halogens is 2. The average Bonchev–Trinajstić information content (AvgIpc) is 2.40. The first kappa shape index (κ1) is 15.2. The van der Waals surface area contributed by atoms with Crippen molar-refractivity contribution in [1.82, 2.24) is 10.2 Å². The van der Waals surface area contributed by atoms with Crippen LogP contribution in [0.25, 0.3) is 0 Å². The van der Waals surface area contributed by atoms with Crippen molar-refractivity contribution < 1.29 is 23.1 Å². The van der Waals surface area contributed by atoms with Gasteiger partial charge in [0.05, 0.1) is 18.8 Å². The van der Waals surface area contributed by atoms with Crippen molar-refractivity contribution in [3.05, 3.63) is 24.3 Å². The number of anilines is 1. The molecular weight excluding hydrogens is 284 g/mol. The van der Waals surface area contributed by atoms with Gasteiger partial charge in [0.1, 0.15) is 5.75 Å². The summed E-state index contributed by atoms with van der Waals surface area (Å²) in [6.45, 7) is -1.77. The number of ether oxygens (including phenoxy) is 1. The van der Waals surface area contributed by atoms with E-state index in [1.807, 2.05) is 0 Å². The molecule has 0 aromatic heterocycles. The fraction of sp³-hybridized carbons (Fsp3) is 0.385.